The molecule has 68 valence electrons. The van der Waals surface area contributed by atoms with Crippen LogP contribution in [-0.4, -0.2) is 26.0 Å². The molecule has 0 fully saturated rings. The summed E-state index contributed by atoms with van der Waals surface area (Å²) in [5.74, 6) is 0. The lowest BCUT2D eigenvalue weighted by Crippen LogP contribution is -1.93. The average molecular weight is 259 g/mol. The van der Waals surface area contributed by atoms with E-state index in [4.69, 9.17) is 0 Å². The lowest BCUT2D eigenvalue weighted by molar-refractivity contribution is 0.771. The van der Waals surface area contributed by atoms with Crippen molar-refractivity contribution in [3.05, 3.63) is 10.8 Å². The lowest BCUT2D eigenvalue weighted by Gasteiger charge is -1.95. The van der Waals surface area contributed by atoms with Gasteiger partial charge in [0.1, 0.15) is 4.60 Å². The third kappa shape index (κ3) is 1.44. The molecule has 0 radical (unpaired) electrons. The van der Waals surface area contributed by atoms with E-state index in [1.54, 1.807) is 10.9 Å². The van der Waals surface area contributed by atoms with E-state index >= 15 is 0 Å². The van der Waals surface area contributed by atoms with E-state index in [0.29, 0.717) is 0 Å². The van der Waals surface area contributed by atoms with Gasteiger partial charge in [0.15, 0.2) is 10.8 Å². The van der Waals surface area contributed by atoms with Gasteiger partial charge in [-0.15, -0.1) is 0 Å². The van der Waals surface area contributed by atoms with Crippen LogP contribution in [0, 0.1) is 0 Å². The zero-order valence-electron chi connectivity index (χ0n) is 7.15. The molecule has 0 aliphatic heterocycles. The molecule has 0 aromatic carbocycles. The molecule has 13 heavy (non-hydrogen) atoms. The van der Waals surface area contributed by atoms with Crippen LogP contribution in [0.3, 0.4) is 0 Å². The Hall–Kier alpha value is -0.620. The summed E-state index contributed by atoms with van der Waals surface area (Å²) in [4.78, 5) is 8.50. The van der Waals surface area contributed by atoms with Crippen molar-refractivity contribution < 1.29 is 0 Å². The highest BCUT2D eigenvalue weighted by atomic mass is 79.9. The second kappa shape index (κ2) is 3.26. The van der Waals surface area contributed by atoms with Gasteiger partial charge in [0.2, 0.25) is 0 Å². The highest BCUT2D eigenvalue weighted by molar-refractivity contribution is 9.10. The summed E-state index contributed by atoms with van der Waals surface area (Å²) in [7, 11) is 1.87. The van der Waals surface area contributed by atoms with Crippen LogP contribution >= 0.6 is 27.7 Å². The third-order valence-electron chi connectivity index (χ3n) is 1.70. The van der Waals surface area contributed by atoms with Crippen molar-refractivity contribution in [1.82, 2.24) is 19.7 Å². The summed E-state index contributed by atoms with van der Waals surface area (Å²) in [5.41, 5.74) is 0.853. The Morgan fingerprint density at radius 2 is 2.31 bits per heavy atom. The van der Waals surface area contributed by atoms with Crippen LogP contribution in [0.25, 0.3) is 11.0 Å². The van der Waals surface area contributed by atoms with Crippen LogP contribution < -0.4 is 0 Å². The van der Waals surface area contributed by atoms with Gasteiger partial charge < -0.3 is 0 Å². The normalized spacial score (nSPS) is 11.0. The van der Waals surface area contributed by atoms with Gasteiger partial charge in [-0.3, -0.25) is 0 Å². The molecule has 4 nitrogen and oxygen atoms in total. The SMILES string of the molecule is CSc1ncc2c(Br)nn(C)c2n1. The molecule has 0 bridgehead atoms. The van der Waals surface area contributed by atoms with Gasteiger partial charge in [0.25, 0.3) is 0 Å². The molecule has 0 amide bonds. The van der Waals surface area contributed by atoms with Crippen LogP contribution in [0.15, 0.2) is 16.0 Å². The van der Waals surface area contributed by atoms with Gasteiger partial charge in [-0.2, -0.15) is 5.10 Å². The zero-order valence-corrected chi connectivity index (χ0v) is 9.55. The number of aromatic nitrogens is 4. The average Bonchev–Trinajstić information content (AvgIpc) is 2.42. The monoisotopic (exact) mass is 258 g/mol. The molecule has 0 aliphatic rings. The lowest BCUT2D eigenvalue weighted by atomic mass is 10.4. The van der Waals surface area contributed by atoms with Crippen molar-refractivity contribution in [3.8, 4) is 0 Å². The Balaban J connectivity index is 2.76. The van der Waals surface area contributed by atoms with Gasteiger partial charge in [-0.25, -0.2) is 14.6 Å². The molecule has 2 aromatic rings. The maximum absolute atomic E-state index is 4.34. The summed E-state index contributed by atoms with van der Waals surface area (Å²) < 4.78 is 2.53. The van der Waals surface area contributed by atoms with E-state index in [2.05, 4.69) is 31.0 Å². The fourth-order valence-corrected chi connectivity index (χ4v) is 1.93. The molecular weight excluding hydrogens is 252 g/mol. The molecule has 0 spiro atoms. The number of fused-ring (bicyclic) bond motifs is 1. The first kappa shape index (κ1) is 8.96. The first-order chi connectivity index (χ1) is 6.22. The zero-order chi connectivity index (χ0) is 9.42. The summed E-state index contributed by atoms with van der Waals surface area (Å²) in [6, 6.07) is 0. The molecule has 0 N–H and O–H groups in total. The van der Waals surface area contributed by atoms with Crippen molar-refractivity contribution in [1.29, 1.82) is 0 Å². The summed E-state index contributed by atoms with van der Waals surface area (Å²) in [5, 5.41) is 5.90. The summed E-state index contributed by atoms with van der Waals surface area (Å²) in [6.45, 7) is 0. The predicted octanol–water partition coefficient (Wildman–Crippen LogP) is 1.85. The summed E-state index contributed by atoms with van der Waals surface area (Å²) >= 11 is 4.87. The van der Waals surface area contributed by atoms with E-state index in [-0.39, 0.29) is 0 Å². The van der Waals surface area contributed by atoms with Crippen LogP contribution in [-0.2, 0) is 7.05 Å². The van der Waals surface area contributed by atoms with Gasteiger partial charge in [-0.05, 0) is 22.2 Å². The van der Waals surface area contributed by atoms with Gasteiger partial charge in [0.05, 0.1) is 5.39 Å². The van der Waals surface area contributed by atoms with Gasteiger partial charge in [-0.1, -0.05) is 11.8 Å². The molecule has 2 heterocycles. The minimum Gasteiger partial charge on any atom is -0.249 e. The Morgan fingerprint density at radius 1 is 1.54 bits per heavy atom. The second-order valence-electron chi connectivity index (χ2n) is 2.51. The molecule has 6 heteroatoms. The molecule has 0 saturated heterocycles. The highest BCUT2D eigenvalue weighted by Crippen LogP contribution is 2.21. The Labute approximate surface area is 87.9 Å². The Morgan fingerprint density at radius 3 is 3.00 bits per heavy atom. The number of thioether (sulfide) groups is 1. The predicted molar refractivity (Wildman–Crippen MR) is 55.8 cm³/mol. The highest BCUT2D eigenvalue weighted by Gasteiger charge is 2.08. The molecule has 2 rings (SSSR count). The first-order valence-corrected chi connectivity index (χ1v) is 5.63. The van der Waals surface area contributed by atoms with E-state index in [1.165, 1.54) is 11.8 Å². The summed E-state index contributed by atoms with van der Waals surface area (Å²) in [6.07, 6.45) is 3.73. The van der Waals surface area contributed by atoms with Crippen molar-refractivity contribution in [2.45, 2.75) is 5.16 Å². The molecule has 2 aromatic heterocycles. The van der Waals surface area contributed by atoms with Crippen molar-refractivity contribution in [2.75, 3.05) is 6.26 Å². The van der Waals surface area contributed by atoms with E-state index < -0.39 is 0 Å². The van der Waals surface area contributed by atoms with Gasteiger partial charge in [0, 0.05) is 13.2 Å². The van der Waals surface area contributed by atoms with E-state index in [9.17, 15) is 0 Å². The maximum atomic E-state index is 4.34. The fraction of sp³-hybridized carbons (Fsp3) is 0.286. The molecule has 0 atom stereocenters. The fourth-order valence-electron chi connectivity index (χ4n) is 1.08. The Kier molecular flexibility index (Phi) is 2.25. The number of hydrogen-bond donors (Lipinski definition) is 0. The van der Waals surface area contributed by atoms with E-state index in [0.717, 1.165) is 20.8 Å². The van der Waals surface area contributed by atoms with Crippen LogP contribution in [0.2, 0.25) is 0 Å². The maximum Gasteiger partial charge on any atom is 0.189 e. The molecular formula is C7H7BrN4S. The first-order valence-electron chi connectivity index (χ1n) is 3.61. The number of nitrogens with zero attached hydrogens (tertiary/aromatic N) is 4. The largest absolute Gasteiger partial charge is 0.249 e. The minimum atomic E-state index is 0.767. The van der Waals surface area contributed by atoms with Crippen LogP contribution in [0.1, 0.15) is 0 Å². The minimum absolute atomic E-state index is 0.767. The molecule has 0 aliphatic carbocycles. The smallest absolute Gasteiger partial charge is 0.189 e. The van der Waals surface area contributed by atoms with Crippen LogP contribution in [0.5, 0.6) is 0 Å². The van der Waals surface area contributed by atoms with Gasteiger partial charge >= 0.3 is 0 Å². The number of rotatable bonds is 1. The number of aryl methyl sites for hydroxylation is 1. The second-order valence-corrected chi connectivity index (χ2v) is 4.03. The van der Waals surface area contributed by atoms with Crippen molar-refractivity contribution >= 4 is 38.7 Å². The quantitative estimate of drug-likeness (QED) is 0.579. The van der Waals surface area contributed by atoms with Crippen molar-refractivity contribution in [2.24, 2.45) is 7.05 Å². The number of hydrogen-bond acceptors (Lipinski definition) is 4. The third-order valence-corrected chi connectivity index (χ3v) is 2.84. The Bertz CT molecular complexity index is 453. The topological polar surface area (TPSA) is 43.6 Å². The number of halogens is 1. The molecule has 0 saturated carbocycles. The van der Waals surface area contributed by atoms with E-state index in [1.807, 2.05) is 13.3 Å². The molecule has 0 unspecified atom stereocenters. The van der Waals surface area contributed by atoms with Crippen molar-refractivity contribution in [3.63, 3.8) is 0 Å². The van der Waals surface area contributed by atoms with Crippen LogP contribution in [0.4, 0.5) is 0 Å². The standard InChI is InChI=1S/C7H7BrN4S/c1-12-6-4(5(8)11-12)3-9-7(10-6)13-2/h3H,1-2H3.